The van der Waals surface area contributed by atoms with Gasteiger partial charge in [0, 0.05) is 5.69 Å². The van der Waals surface area contributed by atoms with E-state index >= 15 is 0 Å². The van der Waals surface area contributed by atoms with E-state index in [1.807, 2.05) is 0 Å². The van der Waals surface area contributed by atoms with Gasteiger partial charge in [-0.2, -0.15) is 0 Å². The van der Waals surface area contributed by atoms with Gasteiger partial charge in [-0.3, -0.25) is 0 Å². The quantitative estimate of drug-likeness (QED) is 0.727. The second-order valence-corrected chi connectivity index (χ2v) is 5.70. The van der Waals surface area contributed by atoms with Crippen LogP contribution in [0.15, 0.2) is 18.2 Å². The molecule has 0 saturated carbocycles. The summed E-state index contributed by atoms with van der Waals surface area (Å²) in [4.78, 5) is 0. The Kier molecular flexibility index (Phi) is 3.40. The number of rotatable bonds is 1. The lowest BCUT2D eigenvalue weighted by Crippen LogP contribution is -2.01. The van der Waals surface area contributed by atoms with Gasteiger partial charge in [0.1, 0.15) is 0 Å². The van der Waals surface area contributed by atoms with Crippen molar-refractivity contribution < 1.29 is 0 Å². The standard InChI is InChI=1S/C18H23N/c1-10-7-11(2)16(12(3)8-10)17-13(4)9-14(5)18(19)15(17)6/h7-9H,19H2,1-6H3. The lowest BCUT2D eigenvalue weighted by molar-refractivity contribution is 1.27. The molecule has 0 aromatic heterocycles. The first-order valence-corrected chi connectivity index (χ1v) is 6.77. The van der Waals surface area contributed by atoms with E-state index in [1.165, 1.54) is 44.5 Å². The van der Waals surface area contributed by atoms with Crippen molar-refractivity contribution in [3.8, 4) is 11.1 Å². The van der Waals surface area contributed by atoms with Crippen LogP contribution in [0.2, 0.25) is 0 Å². The zero-order chi connectivity index (χ0) is 14.3. The summed E-state index contributed by atoms with van der Waals surface area (Å²) in [6, 6.07) is 6.69. The molecule has 0 aliphatic heterocycles. The van der Waals surface area contributed by atoms with Crippen LogP contribution in [0.25, 0.3) is 11.1 Å². The number of aryl methyl sites for hydroxylation is 5. The summed E-state index contributed by atoms with van der Waals surface area (Å²) in [5.74, 6) is 0. The molecule has 100 valence electrons. The molecule has 2 aromatic carbocycles. The van der Waals surface area contributed by atoms with Crippen LogP contribution in [0.1, 0.15) is 33.4 Å². The van der Waals surface area contributed by atoms with Crippen molar-refractivity contribution in [3.63, 3.8) is 0 Å². The van der Waals surface area contributed by atoms with Crippen molar-refractivity contribution in [2.75, 3.05) is 5.73 Å². The summed E-state index contributed by atoms with van der Waals surface area (Å²) in [6.45, 7) is 12.9. The molecule has 19 heavy (non-hydrogen) atoms. The van der Waals surface area contributed by atoms with Crippen molar-refractivity contribution in [2.45, 2.75) is 41.5 Å². The van der Waals surface area contributed by atoms with Crippen molar-refractivity contribution in [3.05, 3.63) is 51.6 Å². The molecular weight excluding hydrogens is 230 g/mol. The molecule has 1 nitrogen and oxygen atoms in total. The maximum atomic E-state index is 6.22. The molecule has 0 atom stereocenters. The summed E-state index contributed by atoms with van der Waals surface area (Å²) in [5, 5.41) is 0. The number of hydrogen-bond donors (Lipinski definition) is 1. The van der Waals surface area contributed by atoms with Crippen LogP contribution >= 0.6 is 0 Å². The van der Waals surface area contributed by atoms with Crippen LogP contribution in [0.5, 0.6) is 0 Å². The average molecular weight is 253 g/mol. The van der Waals surface area contributed by atoms with Gasteiger partial charge in [-0.15, -0.1) is 0 Å². The Morgan fingerprint density at radius 3 is 1.63 bits per heavy atom. The maximum absolute atomic E-state index is 6.22. The predicted molar refractivity (Wildman–Crippen MR) is 84.7 cm³/mol. The van der Waals surface area contributed by atoms with Crippen molar-refractivity contribution >= 4 is 5.69 Å². The van der Waals surface area contributed by atoms with E-state index in [2.05, 4.69) is 59.7 Å². The first kappa shape index (κ1) is 13.7. The SMILES string of the molecule is Cc1cc(C)c(-c2c(C)cc(C)c(N)c2C)c(C)c1. The topological polar surface area (TPSA) is 26.0 Å². The highest BCUT2D eigenvalue weighted by atomic mass is 14.6. The molecule has 0 spiro atoms. The molecule has 0 unspecified atom stereocenters. The average Bonchev–Trinajstić information content (AvgIpc) is 2.29. The lowest BCUT2D eigenvalue weighted by Gasteiger charge is -2.19. The van der Waals surface area contributed by atoms with Crippen LogP contribution in [0.4, 0.5) is 5.69 Å². The minimum Gasteiger partial charge on any atom is -0.398 e. The molecule has 0 bridgehead atoms. The number of nitrogens with two attached hydrogens (primary N) is 1. The summed E-state index contributed by atoms with van der Waals surface area (Å²) < 4.78 is 0. The number of hydrogen-bond acceptors (Lipinski definition) is 1. The Bertz CT molecular complexity index is 628. The van der Waals surface area contributed by atoms with Crippen LogP contribution < -0.4 is 5.73 Å². The Balaban J connectivity index is 2.84. The molecule has 2 N–H and O–H groups in total. The summed E-state index contributed by atoms with van der Waals surface area (Å²) in [7, 11) is 0. The zero-order valence-electron chi connectivity index (χ0n) is 12.8. The van der Waals surface area contributed by atoms with E-state index in [9.17, 15) is 0 Å². The molecular formula is C18H23N. The Morgan fingerprint density at radius 1 is 0.632 bits per heavy atom. The lowest BCUT2D eigenvalue weighted by atomic mass is 9.87. The second kappa shape index (κ2) is 4.73. The first-order valence-electron chi connectivity index (χ1n) is 6.77. The van der Waals surface area contributed by atoms with Crippen molar-refractivity contribution in [1.29, 1.82) is 0 Å². The first-order chi connectivity index (χ1) is 8.82. The zero-order valence-corrected chi connectivity index (χ0v) is 12.8. The van der Waals surface area contributed by atoms with Crippen molar-refractivity contribution in [1.82, 2.24) is 0 Å². The van der Waals surface area contributed by atoms with E-state index in [1.54, 1.807) is 0 Å². The van der Waals surface area contributed by atoms with Gasteiger partial charge in [0.2, 0.25) is 0 Å². The van der Waals surface area contributed by atoms with Crippen LogP contribution in [0.3, 0.4) is 0 Å². The summed E-state index contributed by atoms with van der Waals surface area (Å²) >= 11 is 0. The Hall–Kier alpha value is -1.76. The second-order valence-electron chi connectivity index (χ2n) is 5.70. The Labute approximate surface area is 116 Å². The molecule has 0 heterocycles. The monoisotopic (exact) mass is 253 g/mol. The minimum atomic E-state index is 0.917. The van der Waals surface area contributed by atoms with Gasteiger partial charge in [-0.1, -0.05) is 23.8 Å². The predicted octanol–water partition coefficient (Wildman–Crippen LogP) is 4.79. The number of nitrogen functional groups attached to an aromatic ring is 1. The molecule has 0 saturated heterocycles. The van der Waals surface area contributed by atoms with Gasteiger partial charge >= 0.3 is 0 Å². The summed E-state index contributed by atoms with van der Waals surface area (Å²) in [5.41, 5.74) is 17.4. The van der Waals surface area contributed by atoms with Gasteiger partial charge in [0.25, 0.3) is 0 Å². The van der Waals surface area contributed by atoms with E-state index in [0.717, 1.165) is 5.69 Å². The highest BCUT2D eigenvalue weighted by Gasteiger charge is 2.14. The van der Waals surface area contributed by atoms with Crippen molar-refractivity contribution in [2.24, 2.45) is 0 Å². The highest BCUT2D eigenvalue weighted by Crippen LogP contribution is 2.36. The molecule has 0 radical (unpaired) electrons. The maximum Gasteiger partial charge on any atom is 0.0379 e. The Morgan fingerprint density at radius 2 is 1.11 bits per heavy atom. The third-order valence-electron chi connectivity index (χ3n) is 3.96. The van der Waals surface area contributed by atoms with Gasteiger partial charge in [-0.05, 0) is 80.5 Å². The fourth-order valence-corrected chi connectivity index (χ4v) is 3.16. The minimum absolute atomic E-state index is 0.917. The van der Waals surface area contributed by atoms with Crippen LogP contribution in [-0.2, 0) is 0 Å². The smallest absolute Gasteiger partial charge is 0.0379 e. The normalized spacial score (nSPS) is 10.8. The van der Waals surface area contributed by atoms with Gasteiger partial charge < -0.3 is 5.73 Å². The largest absolute Gasteiger partial charge is 0.398 e. The molecule has 0 fully saturated rings. The number of anilines is 1. The van der Waals surface area contributed by atoms with Gasteiger partial charge in [-0.25, -0.2) is 0 Å². The fraction of sp³-hybridized carbons (Fsp3) is 0.333. The molecule has 1 heteroatoms. The van der Waals surface area contributed by atoms with E-state index < -0.39 is 0 Å². The van der Waals surface area contributed by atoms with Gasteiger partial charge in [0.05, 0.1) is 0 Å². The van der Waals surface area contributed by atoms with E-state index in [-0.39, 0.29) is 0 Å². The molecule has 2 rings (SSSR count). The summed E-state index contributed by atoms with van der Waals surface area (Å²) in [6.07, 6.45) is 0. The molecule has 0 aliphatic carbocycles. The van der Waals surface area contributed by atoms with Gasteiger partial charge in [0.15, 0.2) is 0 Å². The molecule has 0 aliphatic rings. The number of benzene rings is 2. The van der Waals surface area contributed by atoms with E-state index in [4.69, 9.17) is 5.73 Å². The van der Waals surface area contributed by atoms with Crippen LogP contribution in [0, 0.1) is 41.5 Å². The van der Waals surface area contributed by atoms with E-state index in [0.29, 0.717) is 0 Å². The molecule has 2 aromatic rings. The van der Waals surface area contributed by atoms with Crippen LogP contribution in [-0.4, -0.2) is 0 Å². The highest BCUT2D eigenvalue weighted by molar-refractivity contribution is 5.81. The fourth-order valence-electron chi connectivity index (χ4n) is 3.16. The third kappa shape index (κ3) is 2.25. The molecule has 0 amide bonds. The third-order valence-corrected chi connectivity index (χ3v) is 3.96.